The maximum absolute atomic E-state index is 6.26. The van der Waals surface area contributed by atoms with Crippen LogP contribution in [0.4, 0.5) is 0 Å². The Kier molecular flexibility index (Phi) is 2.73. The van der Waals surface area contributed by atoms with Crippen LogP contribution in [0.2, 0.25) is 0 Å². The molecule has 0 radical (unpaired) electrons. The normalized spacial score (nSPS) is 37.8. The van der Waals surface area contributed by atoms with Gasteiger partial charge in [-0.3, -0.25) is 0 Å². The number of rotatable bonds is 2. The zero-order valence-corrected chi connectivity index (χ0v) is 12.2. The van der Waals surface area contributed by atoms with Crippen LogP contribution in [0.3, 0.4) is 0 Å². The second-order valence-corrected chi connectivity index (χ2v) is 5.95. The topological polar surface area (TPSA) is 27.7 Å². The Morgan fingerprint density at radius 2 is 1.05 bits per heavy atom. The molecule has 3 heteroatoms. The molecule has 108 valence electrons. The molecule has 4 rings (SSSR count). The summed E-state index contributed by atoms with van der Waals surface area (Å²) in [6, 6.07) is 20.2. The van der Waals surface area contributed by atoms with Crippen LogP contribution >= 0.6 is 0 Å². The molecule has 4 atom stereocenters. The van der Waals surface area contributed by atoms with E-state index >= 15 is 0 Å². The van der Waals surface area contributed by atoms with Crippen molar-refractivity contribution >= 4 is 0 Å². The van der Waals surface area contributed by atoms with Crippen molar-refractivity contribution in [2.24, 2.45) is 0 Å². The van der Waals surface area contributed by atoms with Crippen molar-refractivity contribution in [1.29, 1.82) is 0 Å². The Bertz CT molecular complexity index is 585. The van der Waals surface area contributed by atoms with E-state index < -0.39 is 11.6 Å². The summed E-state index contributed by atoms with van der Waals surface area (Å²) in [5.74, 6) is -1.51. The molecule has 0 aliphatic carbocycles. The van der Waals surface area contributed by atoms with Crippen molar-refractivity contribution in [3.63, 3.8) is 0 Å². The highest BCUT2D eigenvalue weighted by atomic mass is 16.9. The largest absolute Gasteiger partial charge is 0.334 e. The maximum Gasteiger partial charge on any atom is 0.200 e. The number of fused-ring (bicyclic) bond motifs is 2. The summed E-state index contributed by atoms with van der Waals surface area (Å²) in [6.45, 7) is 3.91. The summed E-state index contributed by atoms with van der Waals surface area (Å²) in [5, 5.41) is 0. The average Bonchev–Trinajstić information content (AvgIpc) is 2.94. The van der Waals surface area contributed by atoms with E-state index in [0.29, 0.717) is 0 Å². The van der Waals surface area contributed by atoms with E-state index in [4.69, 9.17) is 14.2 Å². The van der Waals surface area contributed by atoms with Gasteiger partial charge in [0.2, 0.25) is 0 Å². The van der Waals surface area contributed by atoms with Crippen LogP contribution < -0.4 is 0 Å². The first-order valence-electron chi connectivity index (χ1n) is 7.26. The van der Waals surface area contributed by atoms with Gasteiger partial charge in [-0.1, -0.05) is 60.7 Å². The summed E-state index contributed by atoms with van der Waals surface area (Å²) < 4.78 is 18.7. The van der Waals surface area contributed by atoms with E-state index in [1.807, 2.05) is 74.5 Å². The Morgan fingerprint density at radius 3 is 1.38 bits per heavy atom. The lowest BCUT2D eigenvalue weighted by atomic mass is 9.99. The van der Waals surface area contributed by atoms with E-state index in [2.05, 4.69) is 0 Å². The second kappa shape index (κ2) is 4.41. The zero-order chi connectivity index (χ0) is 14.5. The smallest absolute Gasteiger partial charge is 0.200 e. The molecule has 0 aromatic heterocycles. The third-order valence-corrected chi connectivity index (χ3v) is 4.27. The predicted octanol–water partition coefficient (Wildman–Crippen LogP) is 3.98. The highest BCUT2D eigenvalue weighted by Gasteiger charge is 2.65. The van der Waals surface area contributed by atoms with Crippen LogP contribution in [0.15, 0.2) is 60.7 Å². The van der Waals surface area contributed by atoms with Gasteiger partial charge >= 0.3 is 0 Å². The van der Waals surface area contributed by atoms with Crippen LogP contribution in [0.5, 0.6) is 0 Å². The number of hydrogen-bond donors (Lipinski definition) is 0. The van der Waals surface area contributed by atoms with Gasteiger partial charge < -0.3 is 14.2 Å². The lowest BCUT2D eigenvalue weighted by Gasteiger charge is -2.35. The minimum Gasteiger partial charge on any atom is -0.334 e. The lowest BCUT2D eigenvalue weighted by Crippen LogP contribution is -2.37. The summed E-state index contributed by atoms with van der Waals surface area (Å²) in [4.78, 5) is 0. The van der Waals surface area contributed by atoms with Crippen molar-refractivity contribution in [2.45, 2.75) is 37.6 Å². The van der Waals surface area contributed by atoms with Gasteiger partial charge in [0.1, 0.15) is 12.2 Å². The third kappa shape index (κ3) is 1.93. The molecule has 0 unspecified atom stereocenters. The molecule has 0 saturated carbocycles. The molecule has 2 bridgehead atoms. The van der Waals surface area contributed by atoms with Crippen molar-refractivity contribution in [1.82, 2.24) is 0 Å². The first-order valence-corrected chi connectivity index (χ1v) is 7.26. The molecule has 2 aromatic rings. The minimum atomic E-state index is -0.753. The fourth-order valence-electron chi connectivity index (χ4n) is 3.36. The third-order valence-electron chi connectivity index (χ3n) is 4.27. The van der Waals surface area contributed by atoms with E-state index in [9.17, 15) is 0 Å². The predicted molar refractivity (Wildman–Crippen MR) is 78.4 cm³/mol. The first kappa shape index (κ1) is 13.0. The monoisotopic (exact) mass is 282 g/mol. The Balaban J connectivity index is 1.69. The molecule has 2 aromatic carbocycles. The molecular weight excluding hydrogens is 264 g/mol. The van der Waals surface area contributed by atoms with Crippen molar-refractivity contribution in [3.8, 4) is 0 Å². The molecule has 0 N–H and O–H groups in total. The molecule has 0 spiro atoms. The molecule has 21 heavy (non-hydrogen) atoms. The SMILES string of the molecule is C[C@]12O[C@@H](c3ccccc3)[C@@](C)(O[C@@H]1c1ccccc1)O2. The molecule has 3 nitrogen and oxygen atoms in total. The summed E-state index contributed by atoms with van der Waals surface area (Å²) in [6.07, 6.45) is -0.410. The highest BCUT2D eigenvalue weighted by Crippen LogP contribution is 2.59. The molecule has 2 aliphatic rings. The quantitative estimate of drug-likeness (QED) is 0.834. The molecule has 2 saturated heterocycles. The summed E-state index contributed by atoms with van der Waals surface area (Å²) in [5.41, 5.74) is 2.16. The lowest BCUT2D eigenvalue weighted by molar-refractivity contribution is -0.215. The van der Waals surface area contributed by atoms with Gasteiger partial charge in [-0.25, -0.2) is 0 Å². The first-order chi connectivity index (χ1) is 10.1. The maximum atomic E-state index is 6.26. The van der Waals surface area contributed by atoms with Crippen molar-refractivity contribution in [2.75, 3.05) is 0 Å². The van der Waals surface area contributed by atoms with E-state index in [1.165, 1.54) is 0 Å². The molecule has 2 aliphatic heterocycles. The van der Waals surface area contributed by atoms with E-state index in [-0.39, 0.29) is 12.2 Å². The fraction of sp³-hybridized carbons (Fsp3) is 0.333. The van der Waals surface area contributed by atoms with Gasteiger partial charge in [0.25, 0.3) is 0 Å². The number of benzene rings is 2. The second-order valence-electron chi connectivity index (χ2n) is 5.95. The number of ether oxygens (including phenoxy) is 3. The van der Waals surface area contributed by atoms with Crippen LogP contribution in [-0.4, -0.2) is 11.6 Å². The minimum absolute atomic E-state index is 0.205. The standard InChI is InChI=1S/C18H18O3/c1-17-15(13-9-5-3-6-10-13)20-18(2,21-17)16(19-17)14-11-7-4-8-12-14/h3-12,15-16H,1-2H3/t15-,16+,17-,18+. The van der Waals surface area contributed by atoms with Gasteiger partial charge in [-0.2, -0.15) is 0 Å². The van der Waals surface area contributed by atoms with Crippen molar-refractivity contribution in [3.05, 3.63) is 71.8 Å². The molecule has 0 amide bonds. The van der Waals surface area contributed by atoms with Gasteiger partial charge in [-0.15, -0.1) is 0 Å². The van der Waals surface area contributed by atoms with Gasteiger partial charge in [0, 0.05) is 0 Å². The van der Waals surface area contributed by atoms with E-state index in [0.717, 1.165) is 11.1 Å². The molecule has 2 heterocycles. The average molecular weight is 282 g/mol. The Morgan fingerprint density at radius 1 is 0.667 bits per heavy atom. The Hall–Kier alpha value is -1.68. The van der Waals surface area contributed by atoms with Crippen molar-refractivity contribution < 1.29 is 14.2 Å². The fourth-order valence-corrected chi connectivity index (χ4v) is 3.36. The van der Waals surface area contributed by atoms with Gasteiger partial charge in [0.05, 0.1) is 0 Å². The van der Waals surface area contributed by atoms with Crippen LogP contribution in [0.25, 0.3) is 0 Å². The van der Waals surface area contributed by atoms with Crippen LogP contribution in [0, 0.1) is 0 Å². The van der Waals surface area contributed by atoms with Crippen LogP contribution in [0.1, 0.15) is 37.2 Å². The zero-order valence-electron chi connectivity index (χ0n) is 12.2. The molecule has 2 fully saturated rings. The van der Waals surface area contributed by atoms with Crippen LogP contribution in [-0.2, 0) is 14.2 Å². The van der Waals surface area contributed by atoms with Gasteiger partial charge in [0.15, 0.2) is 11.6 Å². The summed E-state index contributed by atoms with van der Waals surface area (Å²) in [7, 11) is 0. The highest BCUT2D eigenvalue weighted by molar-refractivity contribution is 5.26. The van der Waals surface area contributed by atoms with Gasteiger partial charge in [-0.05, 0) is 25.0 Å². The Labute approximate surface area is 124 Å². The molecular formula is C18H18O3. The summed E-state index contributed by atoms with van der Waals surface area (Å²) >= 11 is 0. The van der Waals surface area contributed by atoms with E-state index in [1.54, 1.807) is 0 Å². The number of hydrogen-bond acceptors (Lipinski definition) is 3.